The summed E-state index contributed by atoms with van der Waals surface area (Å²) in [5.41, 5.74) is 3.10. The maximum Gasteiger partial charge on any atom is 0.337 e. The first-order valence-electron chi connectivity index (χ1n) is 9.90. The fraction of sp³-hybridized carbons (Fsp3) is 0.208. The molecule has 4 rings (SSSR count). The molecule has 0 aliphatic carbocycles. The number of H-pyrrole nitrogens is 1. The molecule has 2 aromatic carbocycles. The van der Waals surface area contributed by atoms with Crippen molar-refractivity contribution < 1.29 is 24.2 Å². The van der Waals surface area contributed by atoms with Crippen LogP contribution in [0.1, 0.15) is 34.5 Å². The van der Waals surface area contributed by atoms with Gasteiger partial charge in [-0.3, -0.25) is 9.59 Å². The van der Waals surface area contributed by atoms with Gasteiger partial charge in [0.05, 0.1) is 24.3 Å². The Hall–Kier alpha value is -3.87. The highest BCUT2D eigenvalue weighted by Crippen LogP contribution is 2.38. The summed E-state index contributed by atoms with van der Waals surface area (Å²) < 4.78 is 4.72. The van der Waals surface area contributed by atoms with E-state index in [0.717, 1.165) is 16.5 Å². The Labute approximate surface area is 178 Å². The van der Waals surface area contributed by atoms with Crippen molar-refractivity contribution in [3.05, 3.63) is 82.8 Å². The molecule has 0 radical (unpaired) electrons. The van der Waals surface area contributed by atoms with Gasteiger partial charge in [0, 0.05) is 23.6 Å². The number of amides is 1. The standard InChI is InChI=1S/C24H22N2O5/c1-14(27)20-21(15-7-9-16(10-8-15)24(30)31-2)26(23(29)22(20)28)12-11-17-13-25-19-6-4-3-5-18(17)19/h3-10,13,21,25,28H,11-12H2,1-2H3. The van der Waals surface area contributed by atoms with Crippen LogP contribution >= 0.6 is 0 Å². The van der Waals surface area contributed by atoms with Crippen molar-refractivity contribution in [3.8, 4) is 0 Å². The number of aromatic amines is 1. The lowest BCUT2D eigenvalue weighted by Gasteiger charge is -2.26. The molecule has 1 amide bonds. The lowest BCUT2D eigenvalue weighted by atomic mass is 9.95. The predicted octanol–water partition coefficient (Wildman–Crippen LogP) is 3.48. The quantitative estimate of drug-likeness (QED) is 0.597. The number of benzene rings is 2. The summed E-state index contributed by atoms with van der Waals surface area (Å²) in [6, 6.07) is 13.7. The van der Waals surface area contributed by atoms with E-state index >= 15 is 0 Å². The molecule has 1 aromatic heterocycles. The highest BCUT2D eigenvalue weighted by Gasteiger charge is 2.42. The molecule has 0 saturated heterocycles. The van der Waals surface area contributed by atoms with Crippen LogP contribution in [0.3, 0.4) is 0 Å². The van der Waals surface area contributed by atoms with Crippen LogP contribution in [-0.2, 0) is 20.7 Å². The lowest BCUT2D eigenvalue weighted by molar-refractivity contribution is -0.129. The minimum atomic E-state index is -0.720. The molecule has 31 heavy (non-hydrogen) atoms. The van der Waals surface area contributed by atoms with E-state index in [1.165, 1.54) is 18.9 Å². The van der Waals surface area contributed by atoms with Crippen LogP contribution in [0.15, 0.2) is 66.1 Å². The molecule has 0 bridgehead atoms. The summed E-state index contributed by atoms with van der Waals surface area (Å²) in [6.07, 6.45) is 2.45. The Bertz CT molecular complexity index is 1210. The smallest absolute Gasteiger partial charge is 0.337 e. The Balaban J connectivity index is 1.66. The number of rotatable bonds is 6. The summed E-state index contributed by atoms with van der Waals surface area (Å²) in [5, 5.41) is 11.5. The molecule has 0 spiro atoms. The van der Waals surface area contributed by atoms with E-state index in [2.05, 4.69) is 4.98 Å². The van der Waals surface area contributed by atoms with Crippen LogP contribution < -0.4 is 0 Å². The van der Waals surface area contributed by atoms with Crippen molar-refractivity contribution in [2.24, 2.45) is 0 Å². The molecule has 7 nitrogen and oxygen atoms in total. The number of aromatic nitrogens is 1. The van der Waals surface area contributed by atoms with E-state index in [0.29, 0.717) is 24.1 Å². The van der Waals surface area contributed by atoms with Gasteiger partial charge in [0.15, 0.2) is 11.5 Å². The molecule has 1 atom stereocenters. The van der Waals surface area contributed by atoms with Gasteiger partial charge in [-0.2, -0.15) is 0 Å². The van der Waals surface area contributed by atoms with E-state index in [9.17, 15) is 19.5 Å². The maximum absolute atomic E-state index is 12.8. The molecule has 0 saturated carbocycles. The van der Waals surface area contributed by atoms with Crippen LogP contribution in [0, 0.1) is 0 Å². The van der Waals surface area contributed by atoms with E-state index in [-0.39, 0.29) is 11.4 Å². The van der Waals surface area contributed by atoms with Gasteiger partial charge < -0.3 is 19.7 Å². The van der Waals surface area contributed by atoms with Crippen molar-refractivity contribution in [2.75, 3.05) is 13.7 Å². The van der Waals surface area contributed by atoms with Crippen LogP contribution in [0.4, 0.5) is 0 Å². The number of hydrogen-bond donors (Lipinski definition) is 2. The van der Waals surface area contributed by atoms with Crippen LogP contribution in [-0.4, -0.2) is 46.3 Å². The number of methoxy groups -OCH3 is 1. The van der Waals surface area contributed by atoms with Crippen molar-refractivity contribution in [3.63, 3.8) is 0 Å². The van der Waals surface area contributed by atoms with E-state index in [1.807, 2.05) is 30.5 Å². The average molecular weight is 418 g/mol. The SMILES string of the molecule is COC(=O)c1ccc(C2C(C(C)=O)=C(O)C(=O)N2CCc2c[nH]c3ccccc23)cc1. The van der Waals surface area contributed by atoms with Gasteiger partial charge >= 0.3 is 5.97 Å². The normalized spacial score (nSPS) is 16.3. The predicted molar refractivity (Wildman–Crippen MR) is 115 cm³/mol. The van der Waals surface area contributed by atoms with E-state index < -0.39 is 23.7 Å². The van der Waals surface area contributed by atoms with E-state index in [1.54, 1.807) is 24.3 Å². The van der Waals surface area contributed by atoms with Crippen LogP contribution in [0.2, 0.25) is 0 Å². The van der Waals surface area contributed by atoms with Gasteiger partial charge in [-0.1, -0.05) is 30.3 Å². The zero-order chi connectivity index (χ0) is 22.1. The van der Waals surface area contributed by atoms with Crippen molar-refractivity contribution in [1.82, 2.24) is 9.88 Å². The fourth-order valence-electron chi connectivity index (χ4n) is 4.09. The number of fused-ring (bicyclic) bond motifs is 1. The minimum absolute atomic E-state index is 0.0646. The fourth-order valence-corrected chi connectivity index (χ4v) is 4.09. The molecule has 2 heterocycles. The number of para-hydroxylation sites is 1. The molecule has 1 unspecified atom stereocenters. The number of aliphatic hydroxyl groups excluding tert-OH is 1. The van der Waals surface area contributed by atoms with Gasteiger partial charge in [0.25, 0.3) is 5.91 Å². The second-order valence-corrected chi connectivity index (χ2v) is 7.44. The molecule has 7 heteroatoms. The summed E-state index contributed by atoms with van der Waals surface area (Å²) in [7, 11) is 1.30. The lowest BCUT2D eigenvalue weighted by Crippen LogP contribution is -2.33. The van der Waals surface area contributed by atoms with Gasteiger partial charge in [0.1, 0.15) is 0 Å². The molecule has 158 valence electrons. The Morgan fingerprint density at radius 1 is 1.13 bits per heavy atom. The highest BCUT2D eigenvalue weighted by atomic mass is 16.5. The molecule has 1 aliphatic rings. The summed E-state index contributed by atoms with van der Waals surface area (Å²) in [6.45, 7) is 1.64. The number of Topliss-reactive ketones (excluding diaryl/α,β-unsaturated/α-hetero) is 1. The second-order valence-electron chi connectivity index (χ2n) is 7.44. The molecular formula is C24H22N2O5. The Kier molecular flexibility index (Phi) is 5.33. The number of hydrogen-bond acceptors (Lipinski definition) is 5. The van der Waals surface area contributed by atoms with Gasteiger partial charge in [-0.15, -0.1) is 0 Å². The van der Waals surface area contributed by atoms with Crippen LogP contribution in [0.5, 0.6) is 0 Å². The molecule has 2 N–H and O–H groups in total. The molecular weight excluding hydrogens is 396 g/mol. The maximum atomic E-state index is 12.8. The average Bonchev–Trinajstić information content (AvgIpc) is 3.30. The van der Waals surface area contributed by atoms with Crippen LogP contribution in [0.25, 0.3) is 10.9 Å². The number of carbonyl (C=O) groups excluding carboxylic acids is 3. The third kappa shape index (κ3) is 3.59. The number of nitrogens with one attached hydrogen (secondary N) is 1. The number of ketones is 1. The topological polar surface area (TPSA) is 99.7 Å². The number of esters is 1. The Morgan fingerprint density at radius 3 is 2.52 bits per heavy atom. The third-order valence-electron chi connectivity index (χ3n) is 5.63. The van der Waals surface area contributed by atoms with Gasteiger partial charge in [0.2, 0.25) is 0 Å². The Morgan fingerprint density at radius 2 is 1.84 bits per heavy atom. The highest BCUT2D eigenvalue weighted by molar-refractivity contribution is 6.08. The van der Waals surface area contributed by atoms with Gasteiger partial charge in [-0.25, -0.2) is 4.79 Å². The van der Waals surface area contributed by atoms with E-state index in [4.69, 9.17) is 4.74 Å². The minimum Gasteiger partial charge on any atom is -0.503 e. The molecule has 1 aliphatic heterocycles. The van der Waals surface area contributed by atoms with Crippen molar-refractivity contribution in [1.29, 1.82) is 0 Å². The number of nitrogens with zero attached hydrogens (tertiary/aromatic N) is 1. The third-order valence-corrected chi connectivity index (χ3v) is 5.63. The monoisotopic (exact) mass is 418 g/mol. The first-order chi connectivity index (χ1) is 14.9. The zero-order valence-electron chi connectivity index (χ0n) is 17.2. The summed E-state index contributed by atoms with van der Waals surface area (Å²) in [4.78, 5) is 41.6. The molecule has 3 aromatic rings. The first-order valence-corrected chi connectivity index (χ1v) is 9.90. The largest absolute Gasteiger partial charge is 0.503 e. The number of carbonyl (C=O) groups is 3. The zero-order valence-corrected chi connectivity index (χ0v) is 17.2. The summed E-state index contributed by atoms with van der Waals surface area (Å²) in [5.74, 6) is -1.95. The van der Waals surface area contributed by atoms with Crippen molar-refractivity contribution in [2.45, 2.75) is 19.4 Å². The van der Waals surface area contributed by atoms with Gasteiger partial charge in [-0.05, 0) is 42.7 Å². The van der Waals surface area contributed by atoms with Crippen molar-refractivity contribution >= 4 is 28.6 Å². The number of aliphatic hydroxyl groups is 1. The summed E-state index contributed by atoms with van der Waals surface area (Å²) >= 11 is 0. The number of ether oxygens (including phenoxy) is 1. The second kappa shape index (κ2) is 8.10. The first kappa shape index (κ1) is 20.4. The molecule has 0 fully saturated rings.